The summed E-state index contributed by atoms with van der Waals surface area (Å²) in [5.74, 6) is 1.62. The molecule has 0 fully saturated rings. The van der Waals surface area contributed by atoms with Gasteiger partial charge in [-0.15, -0.1) is 11.6 Å². The summed E-state index contributed by atoms with van der Waals surface area (Å²) in [6.45, 7) is 9.44. The lowest BCUT2D eigenvalue weighted by Gasteiger charge is -2.24. The molecule has 0 saturated heterocycles. The van der Waals surface area contributed by atoms with Crippen molar-refractivity contribution in [3.05, 3.63) is 12.2 Å². The molecule has 0 aliphatic rings. The van der Waals surface area contributed by atoms with Crippen LogP contribution in [0.4, 0.5) is 0 Å². The van der Waals surface area contributed by atoms with Gasteiger partial charge < -0.3 is 14.2 Å². The molecule has 2 aromatic rings. The number of rotatable bonds is 7. The molecule has 2 aromatic heterocycles. The maximum Gasteiger partial charge on any atom is 0.245 e. The molecule has 2 heterocycles. The zero-order chi connectivity index (χ0) is 15.4. The van der Waals surface area contributed by atoms with Gasteiger partial charge in [0.15, 0.2) is 11.2 Å². The monoisotopic (exact) mass is 311 g/mol. The first-order chi connectivity index (χ1) is 10.2. The van der Waals surface area contributed by atoms with E-state index >= 15 is 0 Å². The van der Waals surface area contributed by atoms with Gasteiger partial charge in [-0.2, -0.15) is 4.98 Å². The second-order valence-electron chi connectivity index (χ2n) is 4.92. The van der Waals surface area contributed by atoms with Gasteiger partial charge in [-0.3, -0.25) is 0 Å². The number of alkyl halides is 1. The molecule has 7 heteroatoms. The van der Waals surface area contributed by atoms with Crippen LogP contribution in [0.5, 0.6) is 5.88 Å². The Morgan fingerprint density at radius 3 is 2.62 bits per heavy atom. The van der Waals surface area contributed by atoms with Crippen LogP contribution in [0.15, 0.2) is 6.33 Å². The van der Waals surface area contributed by atoms with Crippen LogP contribution in [0.1, 0.15) is 32.6 Å². The summed E-state index contributed by atoms with van der Waals surface area (Å²) < 4.78 is 7.35. The summed E-state index contributed by atoms with van der Waals surface area (Å²) in [6, 6.07) is 0.225. The van der Waals surface area contributed by atoms with Crippen molar-refractivity contribution in [1.82, 2.24) is 24.4 Å². The molecule has 0 spiro atoms. The smallest absolute Gasteiger partial charge is 0.245 e. The maximum atomic E-state index is 6.06. The minimum atomic E-state index is 0.225. The molecular weight excluding hydrogens is 290 g/mol. The standard InChI is InChI=1S/C14H22ClN5O/c1-5-19(6-2)8-10(3)20-11(7-15)18-12-13(20)16-9-17-14(12)21-4/h9-10H,5-8H2,1-4H3. The lowest BCUT2D eigenvalue weighted by Crippen LogP contribution is -2.30. The summed E-state index contributed by atoms with van der Waals surface area (Å²) in [5, 5.41) is 0. The first-order valence-electron chi connectivity index (χ1n) is 7.20. The van der Waals surface area contributed by atoms with Gasteiger partial charge in [0.1, 0.15) is 12.2 Å². The van der Waals surface area contributed by atoms with Gasteiger partial charge in [0.05, 0.1) is 13.0 Å². The van der Waals surface area contributed by atoms with Crippen molar-refractivity contribution in [2.75, 3.05) is 26.7 Å². The van der Waals surface area contributed by atoms with Gasteiger partial charge in [-0.1, -0.05) is 13.8 Å². The topological polar surface area (TPSA) is 56.1 Å². The molecule has 21 heavy (non-hydrogen) atoms. The van der Waals surface area contributed by atoms with Gasteiger partial charge in [0.2, 0.25) is 5.88 Å². The Labute approximate surface area is 130 Å². The minimum Gasteiger partial charge on any atom is -0.479 e. The molecule has 6 nitrogen and oxygen atoms in total. The van der Waals surface area contributed by atoms with Gasteiger partial charge in [0.25, 0.3) is 0 Å². The van der Waals surface area contributed by atoms with E-state index in [4.69, 9.17) is 16.3 Å². The number of aromatic nitrogens is 4. The molecule has 0 radical (unpaired) electrons. The third kappa shape index (κ3) is 3.11. The highest BCUT2D eigenvalue weighted by atomic mass is 35.5. The van der Waals surface area contributed by atoms with E-state index in [9.17, 15) is 0 Å². The molecule has 0 N–H and O–H groups in total. The molecule has 1 unspecified atom stereocenters. The van der Waals surface area contributed by atoms with E-state index in [1.54, 1.807) is 7.11 Å². The summed E-state index contributed by atoms with van der Waals surface area (Å²) in [6.07, 6.45) is 1.50. The van der Waals surface area contributed by atoms with Crippen LogP contribution in [-0.4, -0.2) is 51.2 Å². The van der Waals surface area contributed by atoms with Gasteiger partial charge in [0, 0.05) is 12.6 Å². The molecule has 0 amide bonds. The fourth-order valence-electron chi connectivity index (χ4n) is 2.58. The van der Waals surface area contributed by atoms with Gasteiger partial charge in [-0.05, 0) is 20.0 Å². The number of hydrogen-bond donors (Lipinski definition) is 0. The van der Waals surface area contributed by atoms with E-state index in [1.165, 1.54) is 6.33 Å². The summed E-state index contributed by atoms with van der Waals surface area (Å²) in [4.78, 5) is 15.4. The van der Waals surface area contributed by atoms with Crippen LogP contribution in [0.2, 0.25) is 0 Å². The SMILES string of the molecule is CCN(CC)CC(C)n1c(CCl)nc2c(OC)ncnc21. The molecule has 2 rings (SSSR count). The van der Waals surface area contributed by atoms with Crippen molar-refractivity contribution in [2.24, 2.45) is 0 Å². The fraction of sp³-hybridized carbons (Fsp3) is 0.643. The number of likely N-dealkylation sites (N-methyl/N-ethyl adjacent to an activating group) is 1. The van der Waals surface area contributed by atoms with Crippen LogP contribution >= 0.6 is 11.6 Å². The first kappa shape index (κ1) is 16.0. The van der Waals surface area contributed by atoms with Gasteiger partial charge in [-0.25, -0.2) is 9.97 Å². The second kappa shape index (κ2) is 7.04. The van der Waals surface area contributed by atoms with E-state index in [2.05, 4.69) is 45.2 Å². The Morgan fingerprint density at radius 1 is 1.33 bits per heavy atom. The summed E-state index contributed by atoms with van der Waals surface area (Å²) in [5.41, 5.74) is 1.44. The molecule has 0 aliphatic heterocycles. The molecule has 0 bridgehead atoms. The van der Waals surface area contributed by atoms with Crippen LogP contribution in [0.25, 0.3) is 11.2 Å². The number of nitrogens with zero attached hydrogens (tertiary/aromatic N) is 5. The lowest BCUT2D eigenvalue weighted by molar-refractivity contribution is 0.261. The van der Waals surface area contributed by atoms with Crippen molar-refractivity contribution >= 4 is 22.8 Å². The zero-order valence-electron chi connectivity index (χ0n) is 13.0. The van der Waals surface area contributed by atoms with Crippen molar-refractivity contribution in [1.29, 1.82) is 0 Å². The molecular formula is C14H22ClN5O. The van der Waals surface area contributed by atoms with Crippen LogP contribution in [-0.2, 0) is 5.88 Å². The summed E-state index contributed by atoms with van der Waals surface area (Å²) in [7, 11) is 1.58. The lowest BCUT2D eigenvalue weighted by atomic mass is 10.3. The predicted octanol–water partition coefficient (Wildman–Crippen LogP) is 2.48. The molecule has 0 aliphatic carbocycles. The molecule has 1 atom stereocenters. The predicted molar refractivity (Wildman–Crippen MR) is 83.9 cm³/mol. The Morgan fingerprint density at radius 2 is 2.05 bits per heavy atom. The maximum absolute atomic E-state index is 6.06. The Kier molecular flexibility index (Phi) is 5.36. The molecule has 0 saturated carbocycles. The second-order valence-corrected chi connectivity index (χ2v) is 5.19. The number of ether oxygens (including phenoxy) is 1. The Balaban J connectivity index is 2.46. The quantitative estimate of drug-likeness (QED) is 0.735. The van der Waals surface area contributed by atoms with E-state index in [0.29, 0.717) is 17.3 Å². The minimum absolute atomic E-state index is 0.225. The number of hydrogen-bond acceptors (Lipinski definition) is 5. The highest BCUT2D eigenvalue weighted by Gasteiger charge is 2.20. The van der Waals surface area contributed by atoms with Crippen molar-refractivity contribution in [3.8, 4) is 5.88 Å². The number of halogens is 1. The number of methoxy groups -OCH3 is 1. The van der Waals surface area contributed by atoms with Gasteiger partial charge >= 0.3 is 0 Å². The first-order valence-corrected chi connectivity index (χ1v) is 7.73. The molecule has 116 valence electrons. The highest BCUT2D eigenvalue weighted by molar-refractivity contribution is 6.16. The zero-order valence-corrected chi connectivity index (χ0v) is 13.8. The van der Waals surface area contributed by atoms with E-state index in [-0.39, 0.29) is 6.04 Å². The Hall–Kier alpha value is -1.40. The van der Waals surface area contributed by atoms with Crippen LogP contribution in [0.3, 0.4) is 0 Å². The number of imidazole rings is 1. The van der Waals surface area contributed by atoms with Crippen molar-refractivity contribution in [2.45, 2.75) is 32.7 Å². The van der Waals surface area contributed by atoms with E-state index in [0.717, 1.165) is 31.1 Å². The van der Waals surface area contributed by atoms with E-state index in [1.807, 2.05) is 0 Å². The van der Waals surface area contributed by atoms with E-state index < -0.39 is 0 Å². The molecule has 0 aromatic carbocycles. The van der Waals surface area contributed by atoms with Crippen LogP contribution < -0.4 is 4.74 Å². The third-order valence-electron chi connectivity index (χ3n) is 3.69. The summed E-state index contributed by atoms with van der Waals surface area (Å²) >= 11 is 6.06. The van der Waals surface area contributed by atoms with Crippen LogP contribution in [0, 0.1) is 0 Å². The highest BCUT2D eigenvalue weighted by Crippen LogP contribution is 2.26. The third-order valence-corrected chi connectivity index (χ3v) is 3.93. The normalized spacial score (nSPS) is 13.0. The number of fused-ring (bicyclic) bond motifs is 1. The van der Waals surface area contributed by atoms with Crippen molar-refractivity contribution in [3.63, 3.8) is 0 Å². The average molecular weight is 312 g/mol. The average Bonchev–Trinajstić information content (AvgIpc) is 2.90. The fourth-order valence-corrected chi connectivity index (χ4v) is 2.77. The van der Waals surface area contributed by atoms with Crippen molar-refractivity contribution < 1.29 is 4.74 Å². The largest absolute Gasteiger partial charge is 0.479 e. The Bertz CT molecular complexity index is 596.